The van der Waals surface area contributed by atoms with Gasteiger partial charge in [-0.05, 0) is 70.6 Å². The molecule has 0 aliphatic heterocycles. The van der Waals surface area contributed by atoms with Crippen LogP contribution < -0.4 is 0 Å². The number of ether oxygens (including phenoxy) is 2. The zero-order valence-corrected chi connectivity index (χ0v) is 40.5. The number of esters is 2. The second-order valence-electron chi connectivity index (χ2n) is 15.9. The van der Waals surface area contributed by atoms with Gasteiger partial charge in [0.2, 0.25) is 0 Å². The van der Waals surface area contributed by atoms with E-state index in [1.807, 2.05) is 12.2 Å². The molecule has 0 aromatic rings. The van der Waals surface area contributed by atoms with E-state index in [9.17, 15) is 49.1 Å². The summed E-state index contributed by atoms with van der Waals surface area (Å²) in [4.78, 5) is 54.2. The van der Waals surface area contributed by atoms with Crippen LogP contribution >= 0.6 is 15.6 Å². The zero-order chi connectivity index (χ0) is 49.1. The number of aliphatic hydroxyl groups is 5. The van der Waals surface area contributed by atoms with Crippen molar-refractivity contribution in [1.29, 1.82) is 0 Å². The van der Waals surface area contributed by atoms with Gasteiger partial charge in [0.1, 0.15) is 43.2 Å². The van der Waals surface area contributed by atoms with Gasteiger partial charge in [-0.3, -0.25) is 23.2 Å². The number of hydrogen-bond acceptors (Lipinski definition) is 14. The Kier molecular flexibility index (Phi) is 34.4. The standard InChI is InChI=1S/C47H78O17P2/c1-3-5-7-9-11-13-15-17-19-21-23-25-28-32-38(48)33-29-27-31-34-40(49)60-36-39(62-41(50)35-30-26-24-22-20-18-16-14-12-10-8-6-4-2)37-61-66(58,59)64-47-44(53)42(51)43(52)46(45(47)54)63-65(55,56)57/h5,7,11,13-14,16-17,19,23,25,27-29,32,38-39,42-48,51-54H,3-4,6,8-10,12,15,18,20-22,24,26,30-31,33-37H2,1-2H3,(H,58,59)(H2,55,56,57)/b7-5-,13-11-,16-14-,19-17-,25-23-,29-27-,32-28-/t38?,39-,42?,43?,44?,45?,46-,47+/m1/s1. The summed E-state index contributed by atoms with van der Waals surface area (Å²) in [5.74, 6) is -1.41. The van der Waals surface area contributed by atoms with Gasteiger partial charge in [-0.1, -0.05) is 137 Å². The Hall–Kier alpha value is -2.86. The van der Waals surface area contributed by atoms with Crippen LogP contribution in [0.3, 0.4) is 0 Å². The van der Waals surface area contributed by atoms with Gasteiger partial charge in [0.25, 0.3) is 0 Å². The summed E-state index contributed by atoms with van der Waals surface area (Å²) < 4.78 is 49.2. The monoisotopic (exact) mass is 976 g/mol. The molecule has 0 bridgehead atoms. The van der Waals surface area contributed by atoms with Crippen LogP contribution in [0.4, 0.5) is 0 Å². The molecule has 6 unspecified atom stereocenters. The highest BCUT2D eigenvalue weighted by Gasteiger charge is 2.54. The summed E-state index contributed by atoms with van der Waals surface area (Å²) in [6.07, 6.45) is 27.2. The third kappa shape index (κ3) is 31.2. The van der Waals surface area contributed by atoms with E-state index < -0.39 is 89.6 Å². The molecule has 0 amide bonds. The zero-order valence-electron chi connectivity index (χ0n) is 38.7. The Labute approximate surface area is 391 Å². The van der Waals surface area contributed by atoms with Crippen molar-refractivity contribution in [3.8, 4) is 0 Å². The van der Waals surface area contributed by atoms with Crippen molar-refractivity contribution in [3.05, 3.63) is 85.1 Å². The van der Waals surface area contributed by atoms with E-state index in [-0.39, 0.29) is 19.3 Å². The average Bonchev–Trinajstić information content (AvgIpc) is 3.27. The van der Waals surface area contributed by atoms with Gasteiger partial charge < -0.3 is 49.7 Å². The first-order valence-corrected chi connectivity index (χ1v) is 26.3. The lowest BCUT2D eigenvalue weighted by atomic mass is 9.85. The Balaban J connectivity index is 2.70. The molecule has 0 saturated heterocycles. The van der Waals surface area contributed by atoms with Crippen molar-refractivity contribution in [2.45, 2.75) is 185 Å². The minimum atomic E-state index is -5.39. The van der Waals surface area contributed by atoms with Crippen molar-refractivity contribution >= 4 is 27.6 Å². The molecule has 66 heavy (non-hydrogen) atoms. The van der Waals surface area contributed by atoms with Crippen LogP contribution in [0, 0.1) is 0 Å². The molecule has 378 valence electrons. The molecule has 8 N–H and O–H groups in total. The molecule has 1 saturated carbocycles. The lowest BCUT2D eigenvalue weighted by Gasteiger charge is -2.43. The Bertz CT molecular complexity index is 1620. The number of allylic oxidation sites excluding steroid dienone is 12. The summed E-state index contributed by atoms with van der Waals surface area (Å²) in [5, 5.41) is 51.4. The predicted octanol–water partition coefficient (Wildman–Crippen LogP) is 7.58. The first kappa shape index (κ1) is 61.2. The maximum absolute atomic E-state index is 13.0. The highest BCUT2D eigenvalue weighted by molar-refractivity contribution is 7.47. The van der Waals surface area contributed by atoms with E-state index in [1.54, 1.807) is 24.3 Å². The van der Waals surface area contributed by atoms with Crippen molar-refractivity contribution in [3.63, 3.8) is 0 Å². The molecule has 0 radical (unpaired) electrons. The molecule has 0 spiro atoms. The number of unbranched alkanes of at least 4 members (excludes halogenated alkanes) is 9. The summed E-state index contributed by atoms with van der Waals surface area (Å²) in [6.45, 7) is 2.80. The van der Waals surface area contributed by atoms with E-state index in [1.165, 1.54) is 25.7 Å². The summed E-state index contributed by atoms with van der Waals surface area (Å²) in [5.41, 5.74) is 0. The summed E-state index contributed by atoms with van der Waals surface area (Å²) in [7, 11) is -10.7. The number of phosphoric ester groups is 2. The predicted molar refractivity (Wildman–Crippen MR) is 251 cm³/mol. The number of phosphoric acid groups is 2. The highest BCUT2D eigenvalue weighted by Crippen LogP contribution is 2.49. The number of hydrogen-bond donors (Lipinski definition) is 8. The summed E-state index contributed by atoms with van der Waals surface area (Å²) in [6, 6.07) is 0. The first-order valence-electron chi connectivity index (χ1n) is 23.2. The number of rotatable bonds is 37. The van der Waals surface area contributed by atoms with E-state index in [0.29, 0.717) is 12.8 Å². The molecule has 0 aromatic carbocycles. The van der Waals surface area contributed by atoms with Crippen molar-refractivity contribution < 1.29 is 82.0 Å². The molecular formula is C47H78O17P2. The fourth-order valence-corrected chi connectivity index (χ4v) is 7.96. The van der Waals surface area contributed by atoms with E-state index in [2.05, 4.69) is 67.0 Å². The lowest BCUT2D eigenvalue weighted by molar-refractivity contribution is -0.216. The fourth-order valence-electron chi connectivity index (χ4n) is 6.42. The number of carbonyl (C=O) groups excluding carboxylic acids is 2. The maximum atomic E-state index is 13.0. The molecule has 1 aliphatic rings. The molecule has 1 rings (SSSR count). The van der Waals surface area contributed by atoms with Crippen LogP contribution in [-0.2, 0) is 41.8 Å². The molecule has 19 heteroatoms. The quantitative estimate of drug-likeness (QED) is 0.00979. The molecule has 1 fully saturated rings. The van der Waals surface area contributed by atoms with Crippen LogP contribution in [-0.4, -0.2) is 114 Å². The van der Waals surface area contributed by atoms with Crippen LogP contribution in [0.25, 0.3) is 0 Å². The Morgan fingerprint density at radius 1 is 0.576 bits per heavy atom. The molecule has 0 aromatic heterocycles. The van der Waals surface area contributed by atoms with Crippen LogP contribution in [0.2, 0.25) is 0 Å². The van der Waals surface area contributed by atoms with Gasteiger partial charge in [0, 0.05) is 12.8 Å². The Morgan fingerprint density at radius 2 is 1.14 bits per heavy atom. The number of aliphatic hydroxyl groups excluding tert-OH is 5. The minimum absolute atomic E-state index is 0.00763. The third-order valence-electron chi connectivity index (χ3n) is 10.0. The van der Waals surface area contributed by atoms with Gasteiger partial charge in [-0.25, -0.2) is 9.13 Å². The summed E-state index contributed by atoms with van der Waals surface area (Å²) >= 11 is 0. The second kappa shape index (κ2) is 37.1. The number of carbonyl (C=O) groups is 2. The highest BCUT2D eigenvalue weighted by atomic mass is 31.2. The maximum Gasteiger partial charge on any atom is 0.472 e. The smallest absolute Gasteiger partial charge is 0.462 e. The molecule has 1 aliphatic carbocycles. The second-order valence-corrected chi connectivity index (χ2v) is 18.5. The van der Waals surface area contributed by atoms with Crippen LogP contribution in [0.1, 0.15) is 136 Å². The van der Waals surface area contributed by atoms with E-state index in [0.717, 1.165) is 64.2 Å². The molecule has 9 atom stereocenters. The van der Waals surface area contributed by atoms with Crippen LogP contribution in [0.15, 0.2) is 85.1 Å². The third-order valence-corrected chi connectivity index (χ3v) is 11.6. The van der Waals surface area contributed by atoms with Gasteiger partial charge in [0.05, 0.1) is 12.7 Å². The Morgan fingerprint density at radius 3 is 1.76 bits per heavy atom. The molecule has 17 nitrogen and oxygen atoms in total. The SMILES string of the molecule is CC/C=C\C/C=C\C/C=C\C/C=C\C=C/C(O)C/C=C\CCC(=O)OC[C@H](COP(=O)(O)O[C@H]1C(O)C(O)C(O)[C@@H](OP(=O)(O)O)C1O)OC(=O)CCCCCCC/C=C\CCCCCC. The van der Waals surface area contributed by atoms with Gasteiger partial charge >= 0.3 is 27.6 Å². The minimum Gasteiger partial charge on any atom is -0.462 e. The molecule has 0 heterocycles. The average molecular weight is 977 g/mol. The van der Waals surface area contributed by atoms with Gasteiger partial charge in [-0.15, -0.1) is 0 Å². The van der Waals surface area contributed by atoms with Gasteiger partial charge in [0.15, 0.2) is 6.10 Å². The van der Waals surface area contributed by atoms with E-state index in [4.69, 9.17) is 28.3 Å². The molecular weight excluding hydrogens is 898 g/mol. The fraction of sp³-hybridized carbons (Fsp3) is 0.660. The largest absolute Gasteiger partial charge is 0.472 e. The normalized spacial score (nSPS) is 22.8. The lowest BCUT2D eigenvalue weighted by Crippen LogP contribution is -2.64. The topological polar surface area (TPSA) is 276 Å². The first-order chi connectivity index (χ1) is 31.5. The van der Waals surface area contributed by atoms with E-state index >= 15 is 0 Å². The van der Waals surface area contributed by atoms with Gasteiger partial charge in [-0.2, -0.15) is 0 Å². The van der Waals surface area contributed by atoms with Crippen molar-refractivity contribution in [2.75, 3.05) is 13.2 Å². The van der Waals surface area contributed by atoms with Crippen molar-refractivity contribution in [1.82, 2.24) is 0 Å². The van der Waals surface area contributed by atoms with Crippen LogP contribution in [0.5, 0.6) is 0 Å². The van der Waals surface area contributed by atoms with Crippen molar-refractivity contribution in [2.24, 2.45) is 0 Å².